The molecule has 0 bridgehead atoms. The van der Waals surface area contributed by atoms with Crippen LogP contribution < -0.4 is 5.32 Å². The molecule has 1 aromatic carbocycles. The molecule has 1 atom stereocenters. The number of hydrogen-bond donors (Lipinski definition) is 1. The molecule has 0 saturated carbocycles. The van der Waals surface area contributed by atoms with Gasteiger partial charge in [-0.3, -0.25) is 0 Å². The van der Waals surface area contributed by atoms with Crippen molar-refractivity contribution >= 4 is 15.9 Å². The van der Waals surface area contributed by atoms with Gasteiger partial charge >= 0.3 is 0 Å². The smallest absolute Gasteiger partial charge is 0.132 e. The summed E-state index contributed by atoms with van der Waals surface area (Å²) >= 11 is 3.10. The standard InChI is InChI=1S/C14H20BrF2N/c1-5-6-18-13(14(2,3)4)12-10(16)7-9(15)8-11(12)17/h7-8,13,18H,5-6H2,1-4H3. The molecular weight excluding hydrogens is 300 g/mol. The van der Waals surface area contributed by atoms with Crippen LogP contribution in [0.25, 0.3) is 0 Å². The highest BCUT2D eigenvalue weighted by Crippen LogP contribution is 2.36. The highest BCUT2D eigenvalue weighted by molar-refractivity contribution is 9.10. The molecule has 0 fully saturated rings. The lowest BCUT2D eigenvalue weighted by Crippen LogP contribution is -2.34. The Kier molecular flexibility index (Phi) is 5.29. The van der Waals surface area contributed by atoms with E-state index < -0.39 is 11.6 Å². The molecule has 4 heteroatoms. The molecule has 18 heavy (non-hydrogen) atoms. The number of nitrogens with one attached hydrogen (secondary N) is 1. The second kappa shape index (κ2) is 6.11. The van der Waals surface area contributed by atoms with Crippen LogP contribution in [0, 0.1) is 17.0 Å². The first kappa shape index (κ1) is 15.6. The lowest BCUT2D eigenvalue weighted by Gasteiger charge is -2.32. The lowest BCUT2D eigenvalue weighted by atomic mass is 9.82. The maximum absolute atomic E-state index is 14.0. The Morgan fingerprint density at radius 3 is 2.11 bits per heavy atom. The van der Waals surface area contributed by atoms with Gasteiger partial charge in [0.15, 0.2) is 0 Å². The van der Waals surface area contributed by atoms with Gasteiger partial charge in [0.25, 0.3) is 0 Å². The Balaban J connectivity index is 3.21. The molecule has 0 saturated heterocycles. The van der Waals surface area contributed by atoms with Gasteiger partial charge in [-0.1, -0.05) is 43.6 Å². The zero-order chi connectivity index (χ0) is 13.9. The number of halogens is 3. The highest BCUT2D eigenvalue weighted by atomic mass is 79.9. The fraction of sp³-hybridized carbons (Fsp3) is 0.571. The first-order chi connectivity index (χ1) is 8.27. The predicted octanol–water partition coefficient (Wildman–Crippen LogP) is 4.81. The molecule has 0 amide bonds. The number of hydrogen-bond acceptors (Lipinski definition) is 1. The summed E-state index contributed by atoms with van der Waals surface area (Å²) in [6, 6.07) is 2.28. The van der Waals surface area contributed by atoms with Crippen molar-refractivity contribution in [1.29, 1.82) is 0 Å². The molecule has 0 radical (unpaired) electrons. The molecule has 1 aromatic rings. The first-order valence-electron chi connectivity index (χ1n) is 6.15. The summed E-state index contributed by atoms with van der Waals surface area (Å²) < 4.78 is 28.4. The van der Waals surface area contributed by atoms with Crippen LogP contribution in [-0.4, -0.2) is 6.54 Å². The van der Waals surface area contributed by atoms with Crippen LogP contribution in [0.1, 0.15) is 45.7 Å². The van der Waals surface area contributed by atoms with E-state index in [4.69, 9.17) is 0 Å². The van der Waals surface area contributed by atoms with Gasteiger partial charge < -0.3 is 5.32 Å². The zero-order valence-corrected chi connectivity index (χ0v) is 12.9. The van der Waals surface area contributed by atoms with E-state index in [2.05, 4.69) is 21.2 Å². The third-order valence-electron chi connectivity index (χ3n) is 2.80. The Labute approximate surface area is 116 Å². The van der Waals surface area contributed by atoms with Crippen molar-refractivity contribution < 1.29 is 8.78 Å². The Hall–Kier alpha value is -0.480. The van der Waals surface area contributed by atoms with E-state index >= 15 is 0 Å². The van der Waals surface area contributed by atoms with E-state index in [-0.39, 0.29) is 17.0 Å². The minimum absolute atomic E-state index is 0.124. The molecule has 0 aliphatic rings. The minimum atomic E-state index is -0.509. The maximum atomic E-state index is 14.0. The summed E-state index contributed by atoms with van der Waals surface area (Å²) in [6.07, 6.45) is 0.923. The second-order valence-electron chi connectivity index (χ2n) is 5.54. The summed E-state index contributed by atoms with van der Waals surface area (Å²) in [7, 11) is 0. The molecule has 0 aromatic heterocycles. The van der Waals surface area contributed by atoms with E-state index in [0.717, 1.165) is 13.0 Å². The first-order valence-corrected chi connectivity index (χ1v) is 6.94. The van der Waals surface area contributed by atoms with Crippen LogP contribution in [0.2, 0.25) is 0 Å². The van der Waals surface area contributed by atoms with E-state index in [0.29, 0.717) is 4.47 Å². The van der Waals surface area contributed by atoms with Crippen molar-refractivity contribution in [2.45, 2.75) is 40.2 Å². The van der Waals surface area contributed by atoms with Crippen molar-refractivity contribution in [2.75, 3.05) is 6.54 Å². The molecule has 102 valence electrons. The van der Waals surface area contributed by atoms with Crippen LogP contribution in [0.3, 0.4) is 0 Å². The molecular formula is C14H20BrF2N. The summed E-state index contributed by atoms with van der Waals surface area (Å²) in [5.41, 5.74) is -0.135. The molecule has 1 N–H and O–H groups in total. The molecule has 1 unspecified atom stereocenters. The van der Waals surface area contributed by atoms with E-state index in [9.17, 15) is 8.78 Å². The number of benzene rings is 1. The Bertz CT molecular complexity index is 390. The molecule has 1 nitrogen and oxygen atoms in total. The largest absolute Gasteiger partial charge is 0.309 e. The monoisotopic (exact) mass is 319 g/mol. The predicted molar refractivity (Wildman–Crippen MR) is 74.5 cm³/mol. The average molecular weight is 320 g/mol. The van der Waals surface area contributed by atoms with Crippen LogP contribution in [0.5, 0.6) is 0 Å². The molecule has 0 aliphatic heterocycles. The van der Waals surface area contributed by atoms with Crippen LogP contribution in [0.4, 0.5) is 8.78 Å². The third kappa shape index (κ3) is 3.75. The van der Waals surface area contributed by atoms with Gasteiger partial charge in [0, 0.05) is 16.1 Å². The average Bonchev–Trinajstić information content (AvgIpc) is 2.19. The topological polar surface area (TPSA) is 12.0 Å². The lowest BCUT2D eigenvalue weighted by molar-refractivity contribution is 0.259. The molecule has 1 rings (SSSR count). The van der Waals surface area contributed by atoms with Crippen molar-refractivity contribution in [3.63, 3.8) is 0 Å². The van der Waals surface area contributed by atoms with Crippen LogP contribution in [0.15, 0.2) is 16.6 Å². The van der Waals surface area contributed by atoms with Gasteiger partial charge in [-0.05, 0) is 30.5 Å². The van der Waals surface area contributed by atoms with Crippen molar-refractivity contribution in [3.8, 4) is 0 Å². The summed E-state index contributed by atoms with van der Waals surface area (Å²) in [5, 5.41) is 3.23. The van der Waals surface area contributed by atoms with Crippen molar-refractivity contribution in [2.24, 2.45) is 5.41 Å². The van der Waals surface area contributed by atoms with Crippen LogP contribution >= 0.6 is 15.9 Å². The Morgan fingerprint density at radius 1 is 1.22 bits per heavy atom. The summed E-state index contributed by atoms with van der Waals surface area (Å²) in [4.78, 5) is 0. The number of rotatable bonds is 4. The van der Waals surface area contributed by atoms with Gasteiger partial charge in [0.2, 0.25) is 0 Å². The highest BCUT2D eigenvalue weighted by Gasteiger charge is 2.30. The SMILES string of the molecule is CCCNC(c1c(F)cc(Br)cc1F)C(C)(C)C. The third-order valence-corrected chi connectivity index (χ3v) is 3.25. The van der Waals surface area contributed by atoms with Gasteiger partial charge in [-0.2, -0.15) is 0 Å². The second-order valence-corrected chi connectivity index (χ2v) is 6.45. The zero-order valence-electron chi connectivity index (χ0n) is 11.3. The normalized spacial score (nSPS) is 13.7. The van der Waals surface area contributed by atoms with Crippen molar-refractivity contribution in [3.05, 3.63) is 33.8 Å². The summed E-state index contributed by atoms with van der Waals surface area (Å²) in [6.45, 7) is 8.68. The van der Waals surface area contributed by atoms with Crippen molar-refractivity contribution in [1.82, 2.24) is 5.32 Å². The summed E-state index contributed by atoms with van der Waals surface area (Å²) in [5.74, 6) is -1.02. The molecule has 0 aliphatic carbocycles. The van der Waals surface area contributed by atoms with E-state index in [1.54, 1.807) is 0 Å². The van der Waals surface area contributed by atoms with E-state index in [1.165, 1.54) is 12.1 Å². The van der Waals surface area contributed by atoms with Crippen LogP contribution in [-0.2, 0) is 0 Å². The van der Waals surface area contributed by atoms with E-state index in [1.807, 2.05) is 27.7 Å². The fourth-order valence-electron chi connectivity index (χ4n) is 1.96. The van der Waals surface area contributed by atoms with Gasteiger partial charge in [0.1, 0.15) is 11.6 Å². The molecule has 0 heterocycles. The maximum Gasteiger partial charge on any atom is 0.132 e. The van der Waals surface area contributed by atoms with Gasteiger partial charge in [0.05, 0.1) is 0 Å². The van der Waals surface area contributed by atoms with Gasteiger partial charge in [-0.25, -0.2) is 8.78 Å². The van der Waals surface area contributed by atoms with Gasteiger partial charge in [-0.15, -0.1) is 0 Å². The minimum Gasteiger partial charge on any atom is -0.309 e. The fourth-order valence-corrected chi connectivity index (χ4v) is 2.36. The Morgan fingerprint density at radius 2 is 1.72 bits per heavy atom. The quantitative estimate of drug-likeness (QED) is 0.839. The molecule has 0 spiro atoms.